The third-order valence-electron chi connectivity index (χ3n) is 3.03. The van der Waals surface area contributed by atoms with Gasteiger partial charge in [0.25, 0.3) is 11.5 Å². The van der Waals surface area contributed by atoms with E-state index in [1.54, 1.807) is 11.4 Å². The van der Waals surface area contributed by atoms with Crippen molar-refractivity contribution in [2.75, 3.05) is 11.9 Å². The highest BCUT2D eigenvalue weighted by Gasteiger charge is 2.13. The number of aromatic amines is 1. The summed E-state index contributed by atoms with van der Waals surface area (Å²) in [5.74, 6) is -0.624. The van der Waals surface area contributed by atoms with Gasteiger partial charge in [-0.3, -0.25) is 19.7 Å². The first-order chi connectivity index (χ1) is 11.1. The summed E-state index contributed by atoms with van der Waals surface area (Å²) in [5, 5.41) is 7.44. The lowest BCUT2D eigenvalue weighted by Crippen LogP contribution is -2.26. The standard InChI is InChI=1S/C15H18N4O3S/c1-2-3-6-16-12(20)8-10-9-23-15(18-10)19-14(22)11-5-4-7-17-13(11)21/h4-5,7,9H,2-3,6,8H2,1H3,(H,16,20)(H,17,21)(H,18,19,22). The molecule has 2 aromatic rings. The van der Waals surface area contributed by atoms with Gasteiger partial charge < -0.3 is 10.3 Å². The minimum atomic E-state index is -0.528. The molecule has 0 aliphatic rings. The second-order valence-corrected chi connectivity index (χ2v) is 5.75. The van der Waals surface area contributed by atoms with Gasteiger partial charge in [0, 0.05) is 18.1 Å². The van der Waals surface area contributed by atoms with Gasteiger partial charge in [0.15, 0.2) is 5.13 Å². The van der Waals surface area contributed by atoms with E-state index in [2.05, 4.69) is 27.5 Å². The lowest BCUT2D eigenvalue weighted by molar-refractivity contribution is -0.120. The van der Waals surface area contributed by atoms with Crippen molar-refractivity contribution in [1.82, 2.24) is 15.3 Å². The van der Waals surface area contributed by atoms with Crippen LogP contribution in [0.5, 0.6) is 0 Å². The molecule has 0 aliphatic heterocycles. The van der Waals surface area contributed by atoms with Crippen LogP contribution < -0.4 is 16.2 Å². The van der Waals surface area contributed by atoms with Crippen LogP contribution in [0, 0.1) is 0 Å². The van der Waals surface area contributed by atoms with Gasteiger partial charge in [-0.2, -0.15) is 0 Å². The molecule has 2 heterocycles. The fourth-order valence-corrected chi connectivity index (χ4v) is 2.55. The predicted molar refractivity (Wildman–Crippen MR) is 88.8 cm³/mol. The van der Waals surface area contributed by atoms with Gasteiger partial charge in [0.05, 0.1) is 12.1 Å². The van der Waals surface area contributed by atoms with Crippen LogP contribution >= 0.6 is 11.3 Å². The third kappa shape index (κ3) is 5.03. The average molecular weight is 334 g/mol. The first-order valence-electron chi connectivity index (χ1n) is 7.30. The van der Waals surface area contributed by atoms with Gasteiger partial charge in [-0.15, -0.1) is 11.3 Å². The monoisotopic (exact) mass is 334 g/mol. The van der Waals surface area contributed by atoms with Crippen LogP contribution in [0.15, 0.2) is 28.5 Å². The Kier molecular flexibility index (Phi) is 6.04. The zero-order valence-electron chi connectivity index (χ0n) is 12.7. The van der Waals surface area contributed by atoms with Crippen molar-refractivity contribution in [2.45, 2.75) is 26.2 Å². The number of nitrogens with one attached hydrogen (secondary N) is 3. The molecule has 0 spiro atoms. The van der Waals surface area contributed by atoms with E-state index in [-0.39, 0.29) is 17.9 Å². The molecule has 2 amide bonds. The number of anilines is 1. The number of hydrogen-bond donors (Lipinski definition) is 3. The maximum atomic E-state index is 12.0. The molecule has 0 saturated carbocycles. The highest BCUT2D eigenvalue weighted by molar-refractivity contribution is 7.14. The van der Waals surface area contributed by atoms with Gasteiger partial charge in [0.2, 0.25) is 5.91 Å². The number of rotatable bonds is 7. The first kappa shape index (κ1) is 16.9. The van der Waals surface area contributed by atoms with Crippen LogP contribution in [0.4, 0.5) is 5.13 Å². The molecule has 23 heavy (non-hydrogen) atoms. The minimum absolute atomic E-state index is 0.0153. The number of pyridine rings is 1. The summed E-state index contributed by atoms with van der Waals surface area (Å²) >= 11 is 1.21. The fourth-order valence-electron chi connectivity index (χ4n) is 1.84. The maximum absolute atomic E-state index is 12.0. The lowest BCUT2D eigenvalue weighted by atomic mass is 10.2. The molecule has 122 valence electrons. The molecule has 0 aromatic carbocycles. The zero-order valence-corrected chi connectivity index (χ0v) is 13.5. The van der Waals surface area contributed by atoms with E-state index in [0.717, 1.165) is 12.8 Å². The van der Waals surface area contributed by atoms with E-state index >= 15 is 0 Å². The van der Waals surface area contributed by atoms with Crippen LogP contribution in [0.25, 0.3) is 0 Å². The van der Waals surface area contributed by atoms with E-state index in [4.69, 9.17) is 0 Å². The van der Waals surface area contributed by atoms with Gasteiger partial charge in [0.1, 0.15) is 5.56 Å². The van der Waals surface area contributed by atoms with Gasteiger partial charge in [-0.25, -0.2) is 4.98 Å². The zero-order chi connectivity index (χ0) is 16.7. The van der Waals surface area contributed by atoms with E-state index in [1.165, 1.54) is 23.6 Å². The molecule has 7 nitrogen and oxygen atoms in total. The predicted octanol–water partition coefficient (Wildman–Crippen LogP) is 1.54. The molecular weight excluding hydrogens is 316 g/mol. The molecule has 0 radical (unpaired) electrons. The molecule has 8 heteroatoms. The number of carbonyl (C=O) groups excluding carboxylic acids is 2. The smallest absolute Gasteiger partial charge is 0.263 e. The summed E-state index contributed by atoms with van der Waals surface area (Å²) in [6, 6.07) is 3.01. The second kappa shape index (κ2) is 8.23. The van der Waals surface area contributed by atoms with E-state index < -0.39 is 11.5 Å². The van der Waals surface area contributed by atoms with Crippen LogP contribution in [0.1, 0.15) is 35.8 Å². The highest BCUT2D eigenvalue weighted by Crippen LogP contribution is 2.16. The second-order valence-electron chi connectivity index (χ2n) is 4.89. The highest BCUT2D eigenvalue weighted by atomic mass is 32.1. The van der Waals surface area contributed by atoms with Crippen LogP contribution in [-0.2, 0) is 11.2 Å². The average Bonchev–Trinajstić information content (AvgIpc) is 2.94. The summed E-state index contributed by atoms with van der Waals surface area (Å²) < 4.78 is 0. The van der Waals surface area contributed by atoms with Crippen molar-refractivity contribution in [3.63, 3.8) is 0 Å². The number of thiazole rings is 1. The molecule has 0 unspecified atom stereocenters. The minimum Gasteiger partial charge on any atom is -0.356 e. The normalized spacial score (nSPS) is 10.3. The van der Waals surface area contributed by atoms with Gasteiger partial charge in [-0.05, 0) is 18.6 Å². The summed E-state index contributed by atoms with van der Waals surface area (Å²) in [6.45, 7) is 2.71. The van der Waals surface area contributed by atoms with Crippen molar-refractivity contribution < 1.29 is 9.59 Å². The van der Waals surface area contributed by atoms with Gasteiger partial charge in [-0.1, -0.05) is 13.3 Å². The van der Waals surface area contributed by atoms with E-state index in [1.807, 2.05) is 0 Å². The number of aromatic nitrogens is 2. The molecule has 0 fully saturated rings. The first-order valence-corrected chi connectivity index (χ1v) is 8.18. The number of unbranched alkanes of at least 4 members (excludes halogenated alkanes) is 1. The number of hydrogen-bond acceptors (Lipinski definition) is 5. The summed E-state index contributed by atoms with van der Waals surface area (Å²) in [5.41, 5.74) is 0.139. The SMILES string of the molecule is CCCCNC(=O)Cc1csc(NC(=O)c2ccc[nH]c2=O)n1. The Labute approximate surface area is 137 Å². The van der Waals surface area contributed by atoms with Crippen LogP contribution in [-0.4, -0.2) is 28.3 Å². The molecule has 2 aromatic heterocycles. The summed E-state index contributed by atoms with van der Waals surface area (Å²) in [4.78, 5) is 41.9. The molecular formula is C15H18N4O3S. The Morgan fingerprint density at radius 3 is 2.96 bits per heavy atom. The quantitative estimate of drug-likeness (QED) is 0.668. The summed E-state index contributed by atoms with van der Waals surface area (Å²) in [6.07, 6.45) is 3.58. The lowest BCUT2D eigenvalue weighted by Gasteiger charge is -2.02. The van der Waals surface area contributed by atoms with Crippen molar-refractivity contribution in [2.24, 2.45) is 0 Å². The molecule has 0 bridgehead atoms. The third-order valence-corrected chi connectivity index (χ3v) is 3.84. The van der Waals surface area contributed by atoms with Crippen molar-refractivity contribution in [3.05, 3.63) is 45.3 Å². The summed E-state index contributed by atoms with van der Waals surface area (Å²) in [7, 11) is 0. The van der Waals surface area contributed by atoms with Crippen LogP contribution in [0.3, 0.4) is 0 Å². The molecule has 0 saturated heterocycles. The largest absolute Gasteiger partial charge is 0.356 e. The Morgan fingerprint density at radius 2 is 2.22 bits per heavy atom. The van der Waals surface area contributed by atoms with Gasteiger partial charge >= 0.3 is 0 Å². The molecule has 0 aliphatic carbocycles. The Balaban J connectivity index is 1.92. The number of amides is 2. The Morgan fingerprint density at radius 1 is 1.39 bits per heavy atom. The molecule has 2 rings (SSSR count). The Hall–Kier alpha value is -2.48. The van der Waals surface area contributed by atoms with Crippen molar-refractivity contribution in [3.8, 4) is 0 Å². The fraction of sp³-hybridized carbons (Fsp3) is 0.333. The van der Waals surface area contributed by atoms with Crippen molar-refractivity contribution in [1.29, 1.82) is 0 Å². The topological polar surface area (TPSA) is 104 Å². The Bertz CT molecular complexity index is 738. The van der Waals surface area contributed by atoms with E-state index in [9.17, 15) is 14.4 Å². The molecule has 0 atom stereocenters. The number of H-pyrrole nitrogens is 1. The number of nitrogens with zero attached hydrogens (tertiary/aromatic N) is 1. The maximum Gasteiger partial charge on any atom is 0.263 e. The number of carbonyl (C=O) groups is 2. The van der Waals surface area contributed by atoms with Crippen LogP contribution in [0.2, 0.25) is 0 Å². The van der Waals surface area contributed by atoms with E-state index in [0.29, 0.717) is 17.4 Å². The molecule has 3 N–H and O–H groups in total. The van der Waals surface area contributed by atoms with Crippen molar-refractivity contribution >= 4 is 28.3 Å².